The Hall–Kier alpha value is -5.15. The van der Waals surface area contributed by atoms with Crippen molar-refractivity contribution in [1.29, 1.82) is 0 Å². The van der Waals surface area contributed by atoms with E-state index in [1.54, 1.807) is 11.1 Å². The molecule has 12 heteroatoms. The molecule has 4 aromatic rings. The third-order valence-electron chi connectivity index (χ3n) is 9.16. The lowest BCUT2D eigenvalue weighted by Crippen LogP contribution is -2.52. The number of ether oxygens (including phenoxy) is 1. The molecule has 3 atom stereocenters. The van der Waals surface area contributed by atoms with Crippen molar-refractivity contribution in [3.05, 3.63) is 106 Å². The summed E-state index contributed by atoms with van der Waals surface area (Å²) in [5.41, 5.74) is 4.11. The molecule has 48 heavy (non-hydrogen) atoms. The van der Waals surface area contributed by atoms with Gasteiger partial charge in [-0.05, 0) is 74.3 Å². The van der Waals surface area contributed by atoms with E-state index in [1.807, 2.05) is 37.3 Å². The maximum absolute atomic E-state index is 16.2. The summed E-state index contributed by atoms with van der Waals surface area (Å²) in [5.74, 6) is 4.40. The van der Waals surface area contributed by atoms with Gasteiger partial charge in [-0.25, -0.2) is 18.7 Å². The van der Waals surface area contributed by atoms with Crippen molar-refractivity contribution in [3.63, 3.8) is 0 Å². The summed E-state index contributed by atoms with van der Waals surface area (Å²) in [5, 5.41) is 11.4. The minimum absolute atomic E-state index is 0.0652. The summed E-state index contributed by atoms with van der Waals surface area (Å²) in [4.78, 5) is 41.3. The molecule has 3 heterocycles. The van der Waals surface area contributed by atoms with Gasteiger partial charge in [0, 0.05) is 31.6 Å². The highest BCUT2D eigenvalue weighted by Crippen LogP contribution is 2.45. The molecule has 0 bridgehead atoms. The third-order valence-corrected chi connectivity index (χ3v) is 9.16. The molecule has 248 valence electrons. The summed E-state index contributed by atoms with van der Waals surface area (Å²) in [6.45, 7) is 2.27. The molecular weight excluding hydrogens is 618 g/mol. The smallest absolute Gasteiger partial charge is 0.280 e. The fourth-order valence-electron chi connectivity index (χ4n) is 6.42. The zero-order chi connectivity index (χ0) is 33.9. The van der Waals surface area contributed by atoms with Crippen molar-refractivity contribution in [2.75, 3.05) is 18.8 Å². The van der Waals surface area contributed by atoms with Crippen molar-refractivity contribution < 1.29 is 23.4 Å². The first-order chi connectivity index (χ1) is 23.0. The number of hydrogen-bond donors (Lipinski definition) is 2. The number of piperidine rings is 1. The zero-order valence-corrected chi connectivity index (χ0v) is 26.5. The van der Waals surface area contributed by atoms with Crippen molar-refractivity contribution in [1.82, 2.24) is 24.4 Å². The molecule has 1 aliphatic heterocycles. The molecule has 1 amide bonds. The van der Waals surface area contributed by atoms with Gasteiger partial charge in [0.25, 0.3) is 5.56 Å². The summed E-state index contributed by atoms with van der Waals surface area (Å²) >= 11 is 0. The van der Waals surface area contributed by atoms with Crippen LogP contribution in [0.2, 0.25) is 0 Å². The number of anilines is 1. The normalized spacial score (nSPS) is 22.0. The predicted octanol–water partition coefficient (Wildman–Crippen LogP) is 4.55. The number of rotatable bonds is 6. The van der Waals surface area contributed by atoms with Crippen molar-refractivity contribution in [2.45, 2.75) is 62.8 Å². The summed E-state index contributed by atoms with van der Waals surface area (Å²) in [6.07, 6.45) is 5.28. The number of nitrogens with two attached hydrogens (primary N) is 1. The van der Waals surface area contributed by atoms with Crippen LogP contribution >= 0.6 is 0 Å². The van der Waals surface area contributed by atoms with Crippen LogP contribution in [-0.2, 0) is 11.3 Å². The average Bonchev–Trinajstić information content (AvgIpc) is 3.09. The number of aryl methyl sites for hydroxylation is 1. The molecule has 6 rings (SSSR count). The summed E-state index contributed by atoms with van der Waals surface area (Å²) in [7, 11) is 0. The van der Waals surface area contributed by atoms with Crippen molar-refractivity contribution in [3.8, 4) is 23.5 Å². The fourth-order valence-corrected chi connectivity index (χ4v) is 6.42. The maximum Gasteiger partial charge on any atom is 0.280 e. The minimum Gasteiger partial charge on any atom is -0.437 e. The number of alkyl halides is 1. The molecule has 2 fully saturated rings. The van der Waals surface area contributed by atoms with E-state index >= 15 is 4.39 Å². The number of benzene rings is 2. The van der Waals surface area contributed by atoms with Gasteiger partial charge in [-0.2, -0.15) is 0 Å². The molecule has 1 saturated heterocycles. The van der Waals surface area contributed by atoms with Crippen LogP contribution in [0.15, 0.2) is 78.1 Å². The summed E-state index contributed by atoms with van der Waals surface area (Å²) < 4.78 is 36.2. The van der Waals surface area contributed by atoms with E-state index in [0.717, 1.165) is 11.3 Å². The monoisotopic (exact) mass is 654 g/mol. The molecule has 0 unspecified atom stereocenters. The molecule has 3 N–H and O–H groups in total. The van der Waals surface area contributed by atoms with Gasteiger partial charge < -0.3 is 20.5 Å². The first-order valence-electron chi connectivity index (χ1n) is 15.9. The van der Waals surface area contributed by atoms with Crippen LogP contribution in [0.3, 0.4) is 0 Å². The maximum atomic E-state index is 16.2. The van der Waals surface area contributed by atoms with Crippen molar-refractivity contribution >= 4 is 11.6 Å². The molecule has 1 aliphatic carbocycles. The Bertz CT molecular complexity index is 1880. The molecule has 0 radical (unpaired) electrons. The Morgan fingerprint density at radius 2 is 1.79 bits per heavy atom. The van der Waals surface area contributed by atoms with Gasteiger partial charge in [-0.1, -0.05) is 36.3 Å². The molecular formula is C36H36F2N6O4. The van der Waals surface area contributed by atoms with E-state index in [-0.39, 0.29) is 74.5 Å². The molecule has 2 aromatic carbocycles. The number of aromatic nitrogens is 4. The van der Waals surface area contributed by atoms with Gasteiger partial charge in [0.2, 0.25) is 11.8 Å². The SMILES string of the molecule is Cc1cnc(C#C[C@]2(F)CC[C@@H](C(=O)N3CCC(O)(Cn4cnc(Oc5ccc(F)cc5)c(N)c4=O)CC3)[C@H](c3ccccc3)C2)cn1. The number of nitrogens with zero attached hydrogens (tertiary/aromatic N) is 5. The van der Waals surface area contributed by atoms with Crippen LogP contribution in [0.5, 0.6) is 11.6 Å². The van der Waals surface area contributed by atoms with Gasteiger partial charge in [-0.15, -0.1) is 0 Å². The van der Waals surface area contributed by atoms with Crippen LogP contribution in [-0.4, -0.2) is 59.8 Å². The lowest BCUT2D eigenvalue weighted by molar-refractivity contribution is -0.142. The van der Waals surface area contributed by atoms with Crippen LogP contribution in [0.4, 0.5) is 14.5 Å². The first-order valence-corrected chi connectivity index (χ1v) is 15.9. The Balaban J connectivity index is 1.12. The second-order valence-corrected chi connectivity index (χ2v) is 12.6. The second kappa shape index (κ2) is 13.5. The first kappa shape index (κ1) is 32.8. The summed E-state index contributed by atoms with van der Waals surface area (Å²) in [6, 6.07) is 14.7. The van der Waals surface area contributed by atoms with E-state index in [1.165, 1.54) is 41.4 Å². The van der Waals surface area contributed by atoms with E-state index in [2.05, 4.69) is 26.8 Å². The number of likely N-dealkylation sites (tertiary alicyclic amines) is 1. The molecule has 10 nitrogen and oxygen atoms in total. The van der Waals surface area contributed by atoms with E-state index in [4.69, 9.17) is 10.5 Å². The van der Waals surface area contributed by atoms with Gasteiger partial charge in [0.05, 0.1) is 24.0 Å². The highest BCUT2D eigenvalue weighted by molar-refractivity contribution is 5.80. The fraction of sp³-hybridized carbons (Fsp3) is 0.361. The van der Waals surface area contributed by atoms with Crippen LogP contribution in [0.1, 0.15) is 55.0 Å². The number of carbonyl (C=O) groups is 1. The van der Waals surface area contributed by atoms with Crippen LogP contribution in [0.25, 0.3) is 0 Å². The minimum atomic E-state index is -1.80. The Morgan fingerprint density at radius 3 is 2.48 bits per heavy atom. The van der Waals surface area contributed by atoms with E-state index < -0.39 is 28.6 Å². The molecule has 2 aromatic heterocycles. The molecule has 0 spiro atoms. The van der Waals surface area contributed by atoms with Crippen LogP contribution in [0, 0.1) is 30.5 Å². The largest absolute Gasteiger partial charge is 0.437 e. The number of nitrogen functional groups attached to an aromatic ring is 1. The lowest BCUT2D eigenvalue weighted by Gasteiger charge is -2.43. The molecule has 2 aliphatic rings. The number of halogens is 2. The number of amides is 1. The van der Waals surface area contributed by atoms with E-state index in [9.17, 15) is 19.1 Å². The number of carbonyl (C=O) groups excluding carboxylic acids is 1. The van der Waals surface area contributed by atoms with Gasteiger partial charge in [0.15, 0.2) is 11.4 Å². The predicted molar refractivity (Wildman–Crippen MR) is 174 cm³/mol. The Labute approximate surface area is 276 Å². The average molecular weight is 655 g/mol. The van der Waals surface area contributed by atoms with Gasteiger partial charge in [0.1, 0.15) is 23.6 Å². The third kappa shape index (κ3) is 7.37. The number of hydrogen-bond acceptors (Lipinski definition) is 8. The standard InChI is InChI=1S/C36H36F2N6O4/c1-24-20-41-27(21-40-24)11-13-35(38)14-12-29(30(19-35)25-5-3-2-4-6-25)33(45)43-17-15-36(47,16-18-43)22-44-23-42-32(31(39)34(44)46)48-28-9-7-26(37)8-10-28/h2-10,20-21,23,29-30,47H,12,14-19,22,39H2,1H3/t29-,30+,35+/m1/s1. The quantitative estimate of drug-likeness (QED) is 0.289. The van der Waals surface area contributed by atoms with Crippen molar-refractivity contribution in [2.24, 2.45) is 5.92 Å². The van der Waals surface area contributed by atoms with Gasteiger partial charge >= 0.3 is 0 Å². The zero-order valence-electron chi connectivity index (χ0n) is 26.5. The molecule has 1 saturated carbocycles. The van der Waals surface area contributed by atoms with E-state index in [0.29, 0.717) is 12.1 Å². The highest BCUT2D eigenvalue weighted by Gasteiger charge is 2.46. The number of aliphatic hydroxyl groups is 1. The van der Waals surface area contributed by atoms with Crippen LogP contribution < -0.4 is 16.0 Å². The topological polar surface area (TPSA) is 136 Å². The Morgan fingerprint density at radius 1 is 1.06 bits per heavy atom. The van der Waals surface area contributed by atoms with Gasteiger partial charge in [-0.3, -0.25) is 19.1 Å². The Kier molecular flexibility index (Phi) is 9.24. The lowest BCUT2D eigenvalue weighted by atomic mass is 9.69. The second-order valence-electron chi connectivity index (χ2n) is 12.6. The highest BCUT2D eigenvalue weighted by atomic mass is 19.1.